The molecule has 0 spiro atoms. The van der Waals surface area contributed by atoms with Crippen molar-refractivity contribution in [3.05, 3.63) is 58.8 Å². The molecule has 1 aromatic heterocycles. The van der Waals surface area contributed by atoms with Gasteiger partial charge in [0.25, 0.3) is 5.56 Å². The van der Waals surface area contributed by atoms with Crippen LogP contribution in [0.1, 0.15) is 25.5 Å². The molecule has 106 valence electrons. The van der Waals surface area contributed by atoms with Crippen LogP contribution in [0, 0.1) is 0 Å². The largest absolute Gasteiger partial charge is 0.491 e. The van der Waals surface area contributed by atoms with E-state index in [9.17, 15) is 9.90 Å². The van der Waals surface area contributed by atoms with Crippen LogP contribution in [0.3, 0.4) is 0 Å². The van der Waals surface area contributed by atoms with Crippen molar-refractivity contribution in [1.29, 1.82) is 0 Å². The molecule has 0 saturated heterocycles. The lowest BCUT2D eigenvalue weighted by Gasteiger charge is -2.14. The van der Waals surface area contributed by atoms with E-state index in [1.807, 2.05) is 26.0 Å². The zero-order valence-electron chi connectivity index (χ0n) is 11.6. The van der Waals surface area contributed by atoms with Gasteiger partial charge in [0.15, 0.2) is 0 Å². The Labute approximate surface area is 117 Å². The number of benzene rings is 1. The Balaban J connectivity index is 2.08. The molecule has 0 aliphatic heterocycles. The summed E-state index contributed by atoms with van der Waals surface area (Å²) in [6.45, 7) is 4.09. The highest BCUT2D eigenvalue weighted by Crippen LogP contribution is 2.19. The van der Waals surface area contributed by atoms with Crippen molar-refractivity contribution in [3.8, 4) is 5.75 Å². The highest BCUT2D eigenvalue weighted by Gasteiger charge is 2.09. The third-order valence-corrected chi connectivity index (χ3v) is 2.80. The van der Waals surface area contributed by atoms with E-state index < -0.39 is 6.10 Å². The van der Waals surface area contributed by atoms with E-state index in [0.717, 1.165) is 11.3 Å². The Morgan fingerprint density at radius 2 is 1.95 bits per heavy atom. The minimum atomic E-state index is -0.759. The van der Waals surface area contributed by atoms with E-state index >= 15 is 0 Å². The van der Waals surface area contributed by atoms with Gasteiger partial charge in [-0.05, 0) is 31.5 Å². The van der Waals surface area contributed by atoms with Crippen molar-refractivity contribution >= 4 is 0 Å². The molecule has 20 heavy (non-hydrogen) atoms. The van der Waals surface area contributed by atoms with Crippen molar-refractivity contribution in [2.24, 2.45) is 0 Å². The molecular weight excluding hydrogens is 256 g/mol. The van der Waals surface area contributed by atoms with Gasteiger partial charge in [-0.1, -0.05) is 12.1 Å². The number of aromatic nitrogens is 2. The zero-order valence-corrected chi connectivity index (χ0v) is 11.6. The highest BCUT2D eigenvalue weighted by molar-refractivity contribution is 5.28. The number of aliphatic hydroxyl groups is 1. The maximum atomic E-state index is 11.6. The van der Waals surface area contributed by atoms with Crippen LogP contribution in [0.15, 0.2) is 47.7 Å². The minimum absolute atomic E-state index is 0.111. The molecule has 0 aliphatic rings. The van der Waals surface area contributed by atoms with E-state index in [-0.39, 0.29) is 18.2 Å². The Hall–Kier alpha value is -2.14. The van der Waals surface area contributed by atoms with E-state index in [4.69, 9.17) is 4.74 Å². The summed E-state index contributed by atoms with van der Waals surface area (Å²) in [4.78, 5) is 15.4. The van der Waals surface area contributed by atoms with Crippen molar-refractivity contribution < 1.29 is 9.84 Å². The van der Waals surface area contributed by atoms with E-state index in [2.05, 4.69) is 4.98 Å². The molecule has 0 fully saturated rings. The number of aliphatic hydroxyl groups excluding tert-OH is 1. The molecule has 1 heterocycles. The Morgan fingerprint density at radius 3 is 2.55 bits per heavy atom. The van der Waals surface area contributed by atoms with Crippen molar-refractivity contribution in [3.63, 3.8) is 0 Å². The summed E-state index contributed by atoms with van der Waals surface area (Å²) in [6, 6.07) is 8.58. The molecule has 1 N–H and O–H groups in total. The van der Waals surface area contributed by atoms with Gasteiger partial charge >= 0.3 is 0 Å². The third-order valence-electron chi connectivity index (χ3n) is 2.80. The van der Waals surface area contributed by atoms with Gasteiger partial charge in [-0.2, -0.15) is 0 Å². The van der Waals surface area contributed by atoms with Crippen LogP contribution in [0.25, 0.3) is 0 Å². The summed E-state index contributed by atoms with van der Waals surface area (Å²) in [5.74, 6) is 0.759. The fraction of sp³-hybridized carbons (Fsp3) is 0.333. The van der Waals surface area contributed by atoms with Crippen molar-refractivity contribution in [1.82, 2.24) is 9.55 Å². The first kappa shape index (κ1) is 14.3. The minimum Gasteiger partial charge on any atom is -0.491 e. The molecule has 0 aliphatic carbocycles. The predicted molar refractivity (Wildman–Crippen MR) is 75.7 cm³/mol. The molecule has 1 aromatic carbocycles. The standard InChI is InChI=1S/C15H18N2O3/c1-11(2)20-13-5-3-12(4-6-13)14(18)9-17-10-16-8-7-15(17)19/h3-8,10-11,14,18H,9H2,1-2H3. The Kier molecular flexibility index (Phi) is 4.53. The van der Waals surface area contributed by atoms with Crippen LogP contribution in [0.2, 0.25) is 0 Å². The van der Waals surface area contributed by atoms with Crippen LogP contribution in [0.5, 0.6) is 5.75 Å². The molecular formula is C15H18N2O3. The van der Waals surface area contributed by atoms with Gasteiger partial charge in [0.2, 0.25) is 0 Å². The Bertz CT molecular complexity index is 605. The second-order valence-electron chi connectivity index (χ2n) is 4.82. The fourth-order valence-corrected chi connectivity index (χ4v) is 1.85. The van der Waals surface area contributed by atoms with Crippen molar-refractivity contribution in [2.75, 3.05) is 0 Å². The normalized spacial score (nSPS) is 12.4. The summed E-state index contributed by atoms with van der Waals surface area (Å²) in [5.41, 5.74) is 0.552. The topological polar surface area (TPSA) is 64.3 Å². The highest BCUT2D eigenvalue weighted by atomic mass is 16.5. The number of hydrogen-bond donors (Lipinski definition) is 1. The van der Waals surface area contributed by atoms with Gasteiger partial charge in [0.05, 0.1) is 25.1 Å². The van der Waals surface area contributed by atoms with Crippen LogP contribution >= 0.6 is 0 Å². The predicted octanol–water partition coefficient (Wildman–Crippen LogP) is 1.76. The van der Waals surface area contributed by atoms with Gasteiger partial charge in [0.1, 0.15) is 5.75 Å². The number of nitrogens with zero attached hydrogens (tertiary/aromatic N) is 2. The van der Waals surface area contributed by atoms with E-state index in [0.29, 0.717) is 0 Å². The summed E-state index contributed by atoms with van der Waals surface area (Å²) in [5, 5.41) is 10.1. The SMILES string of the molecule is CC(C)Oc1ccc(C(O)Cn2cnccc2=O)cc1. The fourth-order valence-electron chi connectivity index (χ4n) is 1.85. The molecule has 2 aromatic rings. The van der Waals surface area contributed by atoms with Gasteiger partial charge in [0, 0.05) is 12.3 Å². The van der Waals surface area contributed by atoms with Crippen LogP contribution in [0.4, 0.5) is 0 Å². The first-order valence-corrected chi connectivity index (χ1v) is 6.51. The Morgan fingerprint density at radius 1 is 1.25 bits per heavy atom. The average Bonchev–Trinajstić information content (AvgIpc) is 2.41. The van der Waals surface area contributed by atoms with Crippen LogP contribution in [-0.2, 0) is 6.54 Å². The number of rotatable bonds is 5. The molecule has 0 radical (unpaired) electrons. The van der Waals surface area contributed by atoms with Crippen LogP contribution in [-0.4, -0.2) is 20.8 Å². The molecule has 2 rings (SSSR count). The van der Waals surface area contributed by atoms with Crippen molar-refractivity contribution in [2.45, 2.75) is 32.6 Å². The summed E-state index contributed by atoms with van der Waals surface area (Å²) < 4.78 is 6.92. The molecule has 1 atom stereocenters. The second-order valence-corrected chi connectivity index (χ2v) is 4.82. The smallest absolute Gasteiger partial charge is 0.253 e. The number of hydrogen-bond acceptors (Lipinski definition) is 4. The molecule has 0 bridgehead atoms. The summed E-state index contributed by atoms with van der Waals surface area (Å²) >= 11 is 0. The third kappa shape index (κ3) is 3.68. The lowest BCUT2D eigenvalue weighted by molar-refractivity contribution is 0.154. The lowest BCUT2D eigenvalue weighted by Crippen LogP contribution is -2.22. The molecule has 5 heteroatoms. The lowest BCUT2D eigenvalue weighted by atomic mass is 10.1. The van der Waals surface area contributed by atoms with Gasteiger partial charge in [-0.15, -0.1) is 0 Å². The second kappa shape index (κ2) is 6.34. The first-order chi connectivity index (χ1) is 9.56. The first-order valence-electron chi connectivity index (χ1n) is 6.51. The summed E-state index contributed by atoms with van der Waals surface area (Å²) in [6.07, 6.45) is 2.20. The van der Waals surface area contributed by atoms with Crippen LogP contribution < -0.4 is 10.3 Å². The summed E-state index contributed by atoms with van der Waals surface area (Å²) in [7, 11) is 0. The molecule has 0 saturated carbocycles. The average molecular weight is 274 g/mol. The molecule has 0 amide bonds. The monoisotopic (exact) mass is 274 g/mol. The van der Waals surface area contributed by atoms with Gasteiger partial charge in [-0.3, -0.25) is 9.36 Å². The quantitative estimate of drug-likeness (QED) is 0.902. The molecule has 5 nitrogen and oxygen atoms in total. The zero-order chi connectivity index (χ0) is 14.5. The number of ether oxygens (including phenoxy) is 1. The van der Waals surface area contributed by atoms with E-state index in [1.165, 1.54) is 23.2 Å². The van der Waals surface area contributed by atoms with Gasteiger partial charge in [-0.25, -0.2) is 4.98 Å². The van der Waals surface area contributed by atoms with E-state index in [1.54, 1.807) is 12.1 Å². The maximum Gasteiger partial charge on any atom is 0.253 e. The van der Waals surface area contributed by atoms with Gasteiger partial charge < -0.3 is 9.84 Å². The molecule has 1 unspecified atom stereocenters. The maximum absolute atomic E-state index is 11.6.